The van der Waals surface area contributed by atoms with Crippen LogP contribution in [0, 0.1) is 0 Å². The molecule has 1 aliphatic carbocycles. The number of sulfonamides is 1. The Labute approximate surface area is 123 Å². The summed E-state index contributed by atoms with van der Waals surface area (Å²) >= 11 is 5.80. The lowest BCUT2D eigenvalue weighted by atomic mass is 9.97. The number of anilines is 1. The first-order chi connectivity index (χ1) is 9.27. The number of nitrogens with zero attached hydrogens (tertiary/aromatic N) is 1. The third-order valence-corrected chi connectivity index (χ3v) is 5.09. The number of carbonyl (C=O) groups is 1. The molecule has 1 saturated carbocycles. The fourth-order valence-electron chi connectivity index (χ4n) is 2.80. The first-order valence-corrected chi connectivity index (χ1v) is 8.49. The van der Waals surface area contributed by atoms with Gasteiger partial charge >= 0.3 is 5.97 Å². The van der Waals surface area contributed by atoms with E-state index in [1.54, 1.807) is 12.1 Å². The van der Waals surface area contributed by atoms with E-state index in [0.29, 0.717) is 36.4 Å². The van der Waals surface area contributed by atoms with E-state index >= 15 is 0 Å². The van der Waals surface area contributed by atoms with E-state index < -0.39 is 21.5 Å². The quantitative estimate of drug-likeness (QED) is 0.926. The standard InChI is InChI=1S/C13H16ClNO4S/c1-20(18,19)15(11-6-4-10(14)5-7-11)13(12(16)17)8-2-3-9-13/h4-7H,2-3,8-9H2,1H3,(H,16,17). The molecule has 7 heteroatoms. The number of aliphatic carboxylic acids is 1. The van der Waals surface area contributed by atoms with Crippen LogP contribution in [-0.2, 0) is 14.8 Å². The van der Waals surface area contributed by atoms with E-state index in [1.165, 1.54) is 12.1 Å². The summed E-state index contributed by atoms with van der Waals surface area (Å²) in [5, 5.41) is 10.1. The minimum absolute atomic E-state index is 0.317. The summed E-state index contributed by atoms with van der Waals surface area (Å²) in [5.41, 5.74) is -1.05. The number of carboxylic acid groups (broad SMARTS) is 1. The molecule has 5 nitrogen and oxygen atoms in total. The molecular formula is C13H16ClNO4S. The summed E-state index contributed by atoms with van der Waals surface area (Å²) in [6.45, 7) is 0. The molecule has 0 aromatic heterocycles. The molecule has 1 N–H and O–H groups in total. The van der Waals surface area contributed by atoms with Crippen molar-refractivity contribution in [2.75, 3.05) is 10.6 Å². The summed E-state index contributed by atoms with van der Waals surface area (Å²) in [6.07, 6.45) is 3.07. The number of carboxylic acids is 1. The van der Waals surface area contributed by atoms with E-state index in [4.69, 9.17) is 11.6 Å². The second-order valence-corrected chi connectivity index (χ2v) is 7.32. The van der Waals surface area contributed by atoms with Crippen molar-refractivity contribution in [3.05, 3.63) is 29.3 Å². The van der Waals surface area contributed by atoms with E-state index in [-0.39, 0.29) is 0 Å². The van der Waals surface area contributed by atoms with Crippen molar-refractivity contribution in [1.29, 1.82) is 0 Å². The number of benzene rings is 1. The van der Waals surface area contributed by atoms with Crippen molar-refractivity contribution in [2.24, 2.45) is 0 Å². The zero-order chi connectivity index (χ0) is 15.0. The Morgan fingerprint density at radius 1 is 1.25 bits per heavy atom. The smallest absolute Gasteiger partial charge is 0.330 e. The lowest BCUT2D eigenvalue weighted by Gasteiger charge is -2.37. The molecule has 1 aromatic carbocycles. The summed E-state index contributed by atoms with van der Waals surface area (Å²) in [6, 6.07) is 6.18. The molecule has 0 saturated heterocycles. The van der Waals surface area contributed by atoms with Crippen LogP contribution in [0.25, 0.3) is 0 Å². The Hall–Kier alpha value is -1.27. The van der Waals surface area contributed by atoms with Crippen molar-refractivity contribution < 1.29 is 18.3 Å². The molecule has 0 aliphatic heterocycles. The van der Waals surface area contributed by atoms with Gasteiger partial charge in [0.2, 0.25) is 10.0 Å². The summed E-state index contributed by atoms with van der Waals surface area (Å²) in [7, 11) is -3.71. The zero-order valence-corrected chi connectivity index (χ0v) is 12.6. The van der Waals surface area contributed by atoms with Gasteiger partial charge in [-0.25, -0.2) is 13.2 Å². The first-order valence-electron chi connectivity index (χ1n) is 6.27. The second kappa shape index (κ2) is 5.26. The lowest BCUT2D eigenvalue weighted by molar-refractivity contribution is -0.142. The lowest BCUT2D eigenvalue weighted by Crippen LogP contribution is -2.55. The van der Waals surface area contributed by atoms with Gasteiger partial charge in [0.1, 0.15) is 0 Å². The van der Waals surface area contributed by atoms with Crippen LogP contribution in [0.5, 0.6) is 0 Å². The van der Waals surface area contributed by atoms with Gasteiger partial charge in [0.05, 0.1) is 11.9 Å². The summed E-state index contributed by atoms with van der Waals surface area (Å²) in [4.78, 5) is 11.7. The van der Waals surface area contributed by atoms with Crippen molar-refractivity contribution in [3.63, 3.8) is 0 Å². The maximum atomic E-state index is 12.1. The number of hydrogen-bond acceptors (Lipinski definition) is 3. The Morgan fingerprint density at radius 2 is 1.75 bits per heavy atom. The number of hydrogen-bond donors (Lipinski definition) is 1. The van der Waals surface area contributed by atoms with Gasteiger partial charge in [-0.15, -0.1) is 0 Å². The molecule has 110 valence electrons. The van der Waals surface area contributed by atoms with Gasteiger partial charge in [-0.2, -0.15) is 0 Å². The molecule has 0 spiro atoms. The Balaban J connectivity index is 2.59. The molecule has 0 heterocycles. The van der Waals surface area contributed by atoms with Gasteiger partial charge in [0.25, 0.3) is 0 Å². The van der Waals surface area contributed by atoms with Crippen molar-refractivity contribution >= 4 is 33.3 Å². The highest BCUT2D eigenvalue weighted by atomic mass is 35.5. The molecule has 0 radical (unpaired) electrons. The van der Waals surface area contributed by atoms with E-state index in [1.807, 2.05) is 0 Å². The molecule has 20 heavy (non-hydrogen) atoms. The minimum Gasteiger partial charge on any atom is -0.479 e. The van der Waals surface area contributed by atoms with Crippen LogP contribution >= 0.6 is 11.6 Å². The Morgan fingerprint density at radius 3 is 2.15 bits per heavy atom. The first kappa shape index (κ1) is 15.1. The predicted octanol–water partition coefficient (Wildman–Crippen LogP) is 2.50. The molecule has 0 bridgehead atoms. The van der Waals surface area contributed by atoms with Gasteiger partial charge in [0.15, 0.2) is 5.54 Å². The van der Waals surface area contributed by atoms with Crippen LogP contribution < -0.4 is 4.31 Å². The topological polar surface area (TPSA) is 74.7 Å². The largest absolute Gasteiger partial charge is 0.479 e. The van der Waals surface area contributed by atoms with Crippen LogP contribution in [-0.4, -0.2) is 31.3 Å². The van der Waals surface area contributed by atoms with Crippen molar-refractivity contribution in [1.82, 2.24) is 0 Å². The average molecular weight is 318 g/mol. The van der Waals surface area contributed by atoms with E-state index in [9.17, 15) is 18.3 Å². The molecule has 0 atom stereocenters. The van der Waals surface area contributed by atoms with Gasteiger partial charge < -0.3 is 5.11 Å². The fraction of sp³-hybridized carbons (Fsp3) is 0.462. The fourth-order valence-corrected chi connectivity index (χ4v) is 4.32. The number of rotatable bonds is 4. The van der Waals surface area contributed by atoms with Crippen LogP contribution in [0.4, 0.5) is 5.69 Å². The molecule has 0 amide bonds. The van der Waals surface area contributed by atoms with Gasteiger partial charge in [-0.3, -0.25) is 4.31 Å². The zero-order valence-electron chi connectivity index (χ0n) is 11.0. The highest BCUT2D eigenvalue weighted by Gasteiger charge is 2.50. The average Bonchev–Trinajstić information content (AvgIpc) is 2.80. The normalized spacial score (nSPS) is 17.9. The van der Waals surface area contributed by atoms with Crippen LogP contribution in [0.15, 0.2) is 24.3 Å². The molecule has 2 rings (SSSR count). The molecule has 1 aromatic rings. The SMILES string of the molecule is CS(=O)(=O)N(c1ccc(Cl)cc1)C1(C(=O)O)CCCC1. The van der Waals surface area contributed by atoms with Gasteiger partial charge in [-0.05, 0) is 37.1 Å². The maximum Gasteiger partial charge on any atom is 0.330 e. The third kappa shape index (κ3) is 2.62. The third-order valence-electron chi connectivity index (χ3n) is 3.61. The predicted molar refractivity (Wildman–Crippen MR) is 77.6 cm³/mol. The van der Waals surface area contributed by atoms with Crippen LogP contribution in [0.2, 0.25) is 5.02 Å². The van der Waals surface area contributed by atoms with Crippen molar-refractivity contribution in [3.8, 4) is 0 Å². The van der Waals surface area contributed by atoms with Gasteiger partial charge in [-0.1, -0.05) is 24.4 Å². The summed E-state index contributed by atoms with van der Waals surface area (Å²) < 4.78 is 25.3. The highest BCUT2D eigenvalue weighted by molar-refractivity contribution is 7.92. The highest BCUT2D eigenvalue weighted by Crippen LogP contribution is 2.40. The maximum absolute atomic E-state index is 12.1. The molecular weight excluding hydrogens is 302 g/mol. The van der Waals surface area contributed by atoms with Crippen LogP contribution in [0.1, 0.15) is 25.7 Å². The Bertz CT molecular complexity index is 606. The second-order valence-electron chi connectivity index (χ2n) is 5.05. The van der Waals surface area contributed by atoms with E-state index in [2.05, 4.69) is 0 Å². The van der Waals surface area contributed by atoms with E-state index in [0.717, 1.165) is 10.6 Å². The molecule has 0 unspecified atom stereocenters. The van der Waals surface area contributed by atoms with Crippen molar-refractivity contribution in [2.45, 2.75) is 31.2 Å². The minimum atomic E-state index is -3.71. The Kier molecular flexibility index (Phi) is 3.97. The van der Waals surface area contributed by atoms with Gasteiger partial charge in [0, 0.05) is 5.02 Å². The molecule has 1 aliphatic rings. The monoisotopic (exact) mass is 317 g/mol. The number of halogens is 1. The summed E-state index contributed by atoms with van der Waals surface area (Å²) in [5.74, 6) is -1.10. The van der Waals surface area contributed by atoms with Crippen LogP contribution in [0.3, 0.4) is 0 Å². The molecule has 1 fully saturated rings.